The first kappa shape index (κ1) is 14.6. The van der Waals surface area contributed by atoms with Gasteiger partial charge >= 0.3 is 0 Å². The zero-order chi connectivity index (χ0) is 13.5. The maximum Gasteiger partial charge on any atom is 0.200 e. The van der Waals surface area contributed by atoms with Gasteiger partial charge in [-0.2, -0.15) is 0 Å². The normalized spacial score (nSPS) is 10.7. The van der Waals surface area contributed by atoms with E-state index in [0.717, 1.165) is 24.9 Å². The van der Waals surface area contributed by atoms with Crippen molar-refractivity contribution in [1.29, 1.82) is 0 Å². The molecule has 4 heteroatoms. The molecule has 3 N–H and O–H groups in total. The van der Waals surface area contributed by atoms with E-state index in [4.69, 9.17) is 9.47 Å². The predicted octanol–water partition coefficient (Wildman–Crippen LogP) is 1.66. The van der Waals surface area contributed by atoms with Gasteiger partial charge in [-0.1, -0.05) is 13.8 Å². The third-order valence-corrected chi connectivity index (χ3v) is 3.28. The number of rotatable bonds is 7. The molecule has 0 heterocycles. The highest BCUT2D eigenvalue weighted by atomic mass is 16.5. The Labute approximate surface area is 109 Å². The minimum Gasteiger partial charge on any atom is -0.502 e. The smallest absolute Gasteiger partial charge is 0.200 e. The summed E-state index contributed by atoms with van der Waals surface area (Å²) in [6.45, 7) is 5.25. The van der Waals surface area contributed by atoms with E-state index in [9.17, 15) is 5.11 Å². The van der Waals surface area contributed by atoms with E-state index in [1.54, 1.807) is 14.2 Å². The minimum atomic E-state index is 0.0614. The molecule has 102 valence electrons. The third kappa shape index (κ3) is 3.53. The van der Waals surface area contributed by atoms with E-state index >= 15 is 0 Å². The molecule has 0 atom stereocenters. The Morgan fingerprint density at radius 2 is 1.61 bits per heavy atom. The van der Waals surface area contributed by atoms with Crippen molar-refractivity contribution in [2.75, 3.05) is 14.2 Å². The zero-order valence-electron chi connectivity index (χ0n) is 11.7. The van der Waals surface area contributed by atoms with E-state index in [1.165, 1.54) is 0 Å². The van der Waals surface area contributed by atoms with Crippen molar-refractivity contribution >= 4 is 0 Å². The van der Waals surface area contributed by atoms with Crippen LogP contribution < -0.4 is 14.8 Å². The molecular formula is C14H24NO3+. The predicted molar refractivity (Wildman–Crippen MR) is 71.2 cm³/mol. The van der Waals surface area contributed by atoms with E-state index in [1.807, 2.05) is 12.1 Å². The molecule has 0 radical (unpaired) electrons. The number of aromatic hydroxyl groups is 1. The molecule has 1 rings (SSSR count). The summed E-state index contributed by atoms with van der Waals surface area (Å²) in [5.41, 5.74) is 1.09. The molecular weight excluding hydrogens is 230 g/mol. The lowest BCUT2D eigenvalue weighted by Gasteiger charge is -2.14. The molecule has 0 bridgehead atoms. The zero-order valence-corrected chi connectivity index (χ0v) is 11.7. The summed E-state index contributed by atoms with van der Waals surface area (Å²) < 4.78 is 10.3. The Bertz CT molecular complexity index is 350. The molecule has 0 spiro atoms. The van der Waals surface area contributed by atoms with Gasteiger partial charge in [0.05, 0.1) is 20.3 Å². The molecule has 0 aliphatic carbocycles. The Kier molecular flexibility index (Phi) is 5.78. The van der Waals surface area contributed by atoms with Gasteiger partial charge in [-0.25, -0.2) is 0 Å². The van der Waals surface area contributed by atoms with Crippen molar-refractivity contribution in [3.63, 3.8) is 0 Å². The van der Waals surface area contributed by atoms with Crippen LogP contribution >= 0.6 is 0 Å². The molecule has 0 saturated heterocycles. The van der Waals surface area contributed by atoms with Gasteiger partial charge in [-0.05, 0) is 25.0 Å². The van der Waals surface area contributed by atoms with Gasteiger partial charge in [0.25, 0.3) is 0 Å². The summed E-state index contributed by atoms with van der Waals surface area (Å²) in [6, 6.07) is 4.35. The van der Waals surface area contributed by atoms with Gasteiger partial charge in [0, 0.05) is 5.56 Å². The number of phenolic OH excluding ortho intramolecular Hbond substituents is 1. The van der Waals surface area contributed by atoms with Gasteiger partial charge < -0.3 is 19.9 Å². The van der Waals surface area contributed by atoms with Gasteiger partial charge in [0.15, 0.2) is 11.5 Å². The molecule has 0 aliphatic heterocycles. The molecule has 0 saturated carbocycles. The van der Waals surface area contributed by atoms with Crippen LogP contribution in [0.3, 0.4) is 0 Å². The lowest BCUT2D eigenvalue weighted by atomic mass is 10.1. The van der Waals surface area contributed by atoms with Gasteiger partial charge in [-0.3, -0.25) is 0 Å². The fourth-order valence-electron chi connectivity index (χ4n) is 1.99. The van der Waals surface area contributed by atoms with Gasteiger partial charge in [0.2, 0.25) is 5.75 Å². The van der Waals surface area contributed by atoms with Crippen molar-refractivity contribution in [1.82, 2.24) is 0 Å². The second-order valence-electron chi connectivity index (χ2n) is 4.37. The average molecular weight is 254 g/mol. The summed E-state index contributed by atoms with van der Waals surface area (Å²) in [5, 5.41) is 12.1. The van der Waals surface area contributed by atoms with Crippen LogP contribution in [0.25, 0.3) is 0 Å². The summed E-state index contributed by atoms with van der Waals surface area (Å²) >= 11 is 0. The Hall–Kier alpha value is -1.42. The molecule has 0 fully saturated rings. The molecule has 0 aliphatic rings. The number of hydrogen-bond acceptors (Lipinski definition) is 3. The fourth-order valence-corrected chi connectivity index (χ4v) is 1.99. The molecule has 1 aromatic carbocycles. The van der Waals surface area contributed by atoms with Crippen molar-refractivity contribution < 1.29 is 19.9 Å². The summed E-state index contributed by atoms with van der Waals surface area (Å²) in [7, 11) is 3.09. The molecule has 4 nitrogen and oxygen atoms in total. The molecule has 0 amide bonds. The lowest BCUT2D eigenvalue weighted by molar-refractivity contribution is -0.704. The number of phenols is 1. The van der Waals surface area contributed by atoms with Crippen LogP contribution in [0.15, 0.2) is 12.1 Å². The molecule has 1 aromatic rings. The summed E-state index contributed by atoms with van der Waals surface area (Å²) in [4.78, 5) is 0. The van der Waals surface area contributed by atoms with E-state index in [-0.39, 0.29) is 5.75 Å². The average Bonchev–Trinajstić information content (AvgIpc) is 2.41. The number of hydrogen-bond donors (Lipinski definition) is 2. The first-order chi connectivity index (χ1) is 8.65. The van der Waals surface area contributed by atoms with Crippen LogP contribution in [0.5, 0.6) is 17.2 Å². The number of benzene rings is 1. The van der Waals surface area contributed by atoms with Crippen LogP contribution in [0.4, 0.5) is 0 Å². The highest BCUT2D eigenvalue weighted by molar-refractivity contribution is 5.52. The maximum absolute atomic E-state index is 9.82. The highest BCUT2D eigenvalue weighted by Gasteiger charge is 2.13. The van der Waals surface area contributed by atoms with Crippen molar-refractivity contribution in [3.8, 4) is 17.2 Å². The van der Waals surface area contributed by atoms with Gasteiger partial charge in [0.1, 0.15) is 6.54 Å². The SMILES string of the molecule is CCC(CC)[NH2+]Cc1cc(OC)c(O)c(OC)c1. The number of nitrogens with two attached hydrogens (primary N) is 1. The number of ether oxygens (including phenoxy) is 2. The summed E-state index contributed by atoms with van der Waals surface area (Å²) in [6.07, 6.45) is 2.31. The monoisotopic (exact) mass is 254 g/mol. The van der Waals surface area contributed by atoms with Crippen LogP contribution in [-0.4, -0.2) is 25.4 Å². The molecule has 0 unspecified atom stereocenters. The van der Waals surface area contributed by atoms with E-state index in [0.29, 0.717) is 17.5 Å². The third-order valence-electron chi connectivity index (χ3n) is 3.28. The van der Waals surface area contributed by atoms with E-state index < -0.39 is 0 Å². The quantitative estimate of drug-likeness (QED) is 0.778. The Morgan fingerprint density at radius 3 is 2.00 bits per heavy atom. The standard InChI is InChI=1S/C14H23NO3/c1-5-11(6-2)15-9-10-7-12(17-3)14(16)13(8-10)18-4/h7-8,11,15-16H,5-6,9H2,1-4H3/p+1. The largest absolute Gasteiger partial charge is 0.502 e. The maximum atomic E-state index is 9.82. The number of quaternary nitrogens is 1. The van der Waals surface area contributed by atoms with Crippen LogP contribution in [0.1, 0.15) is 32.3 Å². The Balaban J connectivity index is 2.82. The van der Waals surface area contributed by atoms with Gasteiger partial charge in [-0.15, -0.1) is 0 Å². The van der Waals surface area contributed by atoms with Crippen LogP contribution in [0.2, 0.25) is 0 Å². The Morgan fingerprint density at radius 1 is 1.11 bits per heavy atom. The fraction of sp³-hybridized carbons (Fsp3) is 0.571. The van der Waals surface area contributed by atoms with Crippen molar-refractivity contribution in [2.45, 2.75) is 39.3 Å². The van der Waals surface area contributed by atoms with Crippen LogP contribution in [0, 0.1) is 0 Å². The second kappa shape index (κ2) is 7.11. The first-order valence-electron chi connectivity index (χ1n) is 6.43. The van der Waals surface area contributed by atoms with Crippen molar-refractivity contribution in [2.24, 2.45) is 0 Å². The molecule has 18 heavy (non-hydrogen) atoms. The topological polar surface area (TPSA) is 55.3 Å². The van der Waals surface area contributed by atoms with Crippen molar-refractivity contribution in [3.05, 3.63) is 17.7 Å². The second-order valence-corrected chi connectivity index (χ2v) is 4.37. The first-order valence-corrected chi connectivity index (χ1v) is 6.43. The van der Waals surface area contributed by atoms with E-state index in [2.05, 4.69) is 19.2 Å². The lowest BCUT2D eigenvalue weighted by Crippen LogP contribution is -2.88. The highest BCUT2D eigenvalue weighted by Crippen LogP contribution is 2.36. The number of methoxy groups -OCH3 is 2. The minimum absolute atomic E-state index is 0.0614. The van der Waals surface area contributed by atoms with Crippen LogP contribution in [-0.2, 0) is 6.54 Å². The summed E-state index contributed by atoms with van der Waals surface area (Å²) in [5.74, 6) is 0.982. The molecule has 0 aromatic heterocycles.